The maximum Gasteiger partial charge on any atom is 0.0988 e. The number of rotatable bonds is 2. The standard InChI is InChI=1S/C7H8O3S.C4H12P/c8-11(9,10)6-7-4-2-1-3-5-7;1-5(2,3)4/h1-5H,6H2,(H,8,9,10);1-4H3/q;+1/p-1. The van der Waals surface area contributed by atoms with E-state index in [4.69, 9.17) is 0 Å². The topological polar surface area (TPSA) is 57.2 Å². The molecule has 3 nitrogen and oxygen atoms in total. The smallest absolute Gasteiger partial charge is 0.0988 e. The minimum absolute atomic E-state index is 0.389. The Bertz CT molecular complexity index is 387. The van der Waals surface area contributed by atoms with Crippen LogP contribution in [0.25, 0.3) is 0 Å². The molecule has 0 saturated carbocycles. The molecule has 5 heteroatoms. The Labute approximate surface area is 99.0 Å². The highest BCUT2D eigenvalue weighted by molar-refractivity contribution is 7.84. The van der Waals surface area contributed by atoms with E-state index in [9.17, 15) is 13.0 Å². The second-order valence-corrected chi connectivity index (χ2v) is 11.6. The largest absolute Gasteiger partial charge is 0.748 e. The van der Waals surface area contributed by atoms with Crippen molar-refractivity contribution in [3.63, 3.8) is 0 Å². The molecular formula is C11H19O3PS. The first-order valence-corrected chi connectivity index (χ1v) is 10.00. The van der Waals surface area contributed by atoms with Gasteiger partial charge in [0.15, 0.2) is 0 Å². The van der Waals surface area contributed by atoms with Crippen molar-refractivity contribution in [1.82, 2.24) is 0 Å². The van der Waals surface area contributed by atoms with Gasteiger partial charge in [0.05, 0.1) is 15.9 Å². The van der Waals surface area contributed by atoms with E-state index in [0.717, 1.165) is 0 Å². The summed E-state index contributed by atoms with van der Waals surface area (Å²) in [5.41, 5.74) is 0.530. The third-order valence-corrected chi connectivity index (χ3v) is 1.87. The molecule has 0 fully saturated rings. The fraction of sp³-hybridized carbons (Fsp3) is 0.455. The molecule has 1 rings (SSSR count). The zero-order valence-electron chi connectivity index (χ0n) is 10.2. The molecule has 0 spiro atoms. The summed E-state index contributed by atoms with van der Waals surface area (Å²) in [5, 5.41) is 0. The van der Waals surface area contributed by atoms with E-state index < -0.39 is 15.9 Å². The van der Waals surface area contributed by atoms with E-state index in [1.165, 1.54) is 0 Å². The van der Waals surface area contributed by atoms with Gasteiger partial charge in [-0.05, 0) is 5.56 Å². The van der Waals surface area contributed by atoms with Gasteiger partial charge in [-0.1, -0.05) is 30.3 Å². The Hall–Kier alpha value is -0.440. The van der Waals surface area contributed by atoms with Crippen LogP contribution < -0.4 is 0 Å². The Balaban J connectivity index is 0.000000385. The third-order valence-electron chi connectivity index (χ3n) is 1.19. The molecule has 1 aromatic carbocycles. The van der Waals surface area contributed by atoms with Crippen LogP contribution in [0.2, 0.25) is 0 Å². The van der Waals surface area contributed by atoms with Crippen molar-refractivity contribution in [3.05, 3.63) is 35.9 Å². The van der Waals surface area contributed by atoms with E-state index in [1.54, 1.807) is 30.3 Å². The summed E-state index contributed by atoms with van der Waals surface area (Å²) >= 11 is 0. The highest BCUT2D eigenvalue weighted by atomic mass is 32.2. The summed E-state index contributed by atoms with van der Waals surface area (Å²) in [6, 6.07) is 8.37. The Kier molecular flexibility index (Phi) is 6.16. The zero-order chi connectivity index (χ0) is 12.8. The van der Waals surface area contributed by atoms with Gasteiger partial charge < -0.3 is 4.55 Å². The minimum atomic E-state index is -4.13. The monoisotopic (exact) mass is 262 g/mol. The lowest BCUT2D eigenvalue weighted by Crippen LogP contribution is -2.01. The predicted octanol–water partition coefficient (Wildman–Crippen LogP) is 2.26. The van der Waals surface area contributed by atoms with Gasteiger partial charge in [0, 0.05) is 33.9 Å². The molecule has 0 bridgehead atoms. The van der Waals surface area contributed by atoms with Crippen LogP contribution in [0.1, 0.15) is 5.56 Å². The predicted molar refractivity (Wildman–Crippen MR) is 70.5 cm³/mol. The van der Waals surface area contributed by atoms with Gasteiger partial charge in [-0.15, -0.1) is 0 Å². The molecule has 0 aliphatic rings. The molecule has 1 aromatic rings. The molecular weight excluding hydrogens is 243 g/mol. The van der Waals surface area contributed by atoms with Crippen molar-refractivity contribution >= 4 is 17.4 Å². The van der Waals surface area contributed by atoms with Gasteiger partial charge in [-0.25, -0.2) is 8.42 Å². The molecule has 0 aliphatic carbocycles. The van der Waals surface area contributed by atoms with Gasteiger partial charge in [0.25, 0.3) is 0 Å². The average molecular weight is 262 g/mol. The number of benzene rings is 1. The molecule has 0 aliphatic heterocycles. The lowest BCUT2D eigenvalue weighted by Gasteiger charge is -2.05. The van der Waals surface area contributed by atoms with E-state index in [1.807, 2.05) is 0 Å². The van der Waals surface area contributed by atoms with Gasteiger partial charge in [-0.3, -0.25) is 0 Å². The van der Waals surface area contributed by atoms with Crippen molar-refractivity contribution in [3.8, 4) is 0 Å². The third kappa shape index (κ3) is 13.6. The van der Waals surface area contributed by atoms with Crippen molar-refractivity contribution in [2.75, 3.05) is 26.7 Å². The molecule has 0 heterocycles. The second-order valence-electron chi connectivity index (χ2n) is 4.87. The molecule has 0 amide bonds. The normalized spacial score (nSPS) is 11.6. The van der Waals surface area contributed by atoms with E-state index in [2.05, 4.69) is 26.7 Å². The molecule has 0 atom stereocenters. The first-order valence-electron chi connectivity index (χ1n) is 4.84. The average Bonchev–Trinajstić information content (AvgIpc) is 1.99. The minimum Gasteiger partial charge on any atom is -0.748 e. The van der Waals surface area contributed by atoms with Crippen molar-refractivity contribution < 1.29 is 13.0 Å². The van der Waals surface area contributed by atoms with Crippen LogP contribution >= 0.6 is 7.26 Å². The lowest BCUT2D eigenvalue weighted by atomic mass is 10.2. The summed E-state index contributed by atoms with van der Waals surface area (Å²) in [6.07, 6.45) is 0. The summed E-state index contributed by atoms with van der Waals surface area (Å²) in [5.74, 6) is -0.423. The molecule has 0 radical (unpaired) electrons. The van der Waals surface area contributed by atoms with Crippen molar-refractivity contribution in [2.24, 2.45) is 0 Å². The van der Waals surface area contributed by atoms with Crippen molar-refractivity contribution in [2.45, 2.75) is 5.75 Å². The number of hydrogen-bond acceptors (Lipinski definition) is 3. The Morgan fingerprint density at radius 1 is 1.06 bits per heavy atom. The molecule has 92 valence electrons. The van der Waals surface area contributed by atoms with Gasteiger partial charge >= 0.3 is 0 Å². The summed E-state index contributed by atoms with van der Waals surface area (Å²) in [7, 11) is -4.52. The van der Waals surface area contributed by atoms with Crippen molar-refractivity contribution in [1.29, 1.82) is 0 Å². The molecule has 0 aromatic heterocycles. The lowest BCUT2D eigenvalue weighted by molar-refractivity contribution is 0.462. The van der Waals surface area contributed by atoms with Crippen LogP contribution in [-0.4, -0.2) is 39.6 Å². The van der Waals surface area contributed by atoms with E-state index in [0.29, 0.717) is 5.56 Å². The van der Waals surface area contributed by atoms with Crippen LogP contribution in [0.3, 0.4) is 0 Å². The first-order chi connectivity index (χ1) is 7.08. The maximum atomic E-state index is 10.2. The van der Waals surface area contributed by atoms with Crippen LogP contribution in [-0.2, 0) is 15.9 Å². The zero-order valence-corrected chi connectivity index (χ0v) is 11.9. The van der Waals surface area contributed by atoms with Gasteiger partial charge in [0.2, 0.25) is 0 Å². The quantitative estimate of drug-likeness (QED) is 0.606. The summed E-state index contributed by atoms with van der Waals surface area (Å²) < 4.78 is 30.7. The molecule has 16 heavy (non-hydrogen) atoms. The fourth-order valence-electron chi connectivity index (χ4n) is 0.778. The highest BCUT2D eigenvalue weighted by Gasteiger charge is 2.03. The SMILES string of the molecule is C[P+](C)(C)C.O=S(=O)([O-])Cc1ccccc1. The van der Waals surface area contributed by atoms with Crippen LogP contribution in [0, 0.1) is 0 Å². The Morgan fingerprint density at radius 2 is 1.44 bits per heavy atom. The van der Waals surface area contributed by atoms with E-state index in [-0.39, 0.29) is 7.26 Å². The number of hydrogen-bond donors (Lipinski definition) is 0. The summed E-state index contributed by atoms with van der Waals surface area (Å²) in [6.45, 7) is 9.19. The van der Waals surface area contributed by atoms with Crippen LogP contribution in [0.4, 0.5) is 0 Å². The second kappa shape index (κ2) is 6.33. The molecule has 0 N–H and O–H groups in total. The Morgan fingerprint density at radius 3 is 1.75 bits per heavy atom. The maximum absolute atomic E-state index is 10.2. The van der Waals surface area contributed by atoms with Gasteiger partial charge in [-0.2, -0.15) is 0 Å². The highest BCUT2D eigenvalue weighted by Crippen LogP contribution is 2.40. The molecule has 0 saturated heterocycles. The van der Waals surface area contributed by atoms with E-state index >= 15 is 0 Å². The summed E-state index contributed by atoms with van der Waals surface area (Å²) in [4.78, 5) is 0. The fourth-order valence-corrected chi connectivity index (χ4v) is 1.38. The van der Waals surface area contributed by atoms with Crippen LogP contribution in [0.15, 0.2) is 30.3 Å². The molecule has 0 unspecified atom stereocenters. The van der Waals surface area contributed by atoms with Gasteiger partial charge in [0.1, 0.15) is 0 Å². The van der Waals surface area contributed by atoms with Crippen LogP contribution in [0.5, 0.6) is 0 Å². The first kappa shape index (κ1) is 15.6.